The Balaban J connectivity index is 2.94. The molecule has 0 unspecified atom stereocenters. The fourth-order valence-corrected chi connectivity index (χ4v) is 2.48. The van der Waals surface area contributed by atoms with E-state index in [-0.39, 0.29) is 5.78 Å². The molecule has 0 radical (unpaired) electrons. The van der Waals surface area contributed by atoms with E-state index in [2.05, 4.69) is 31.9 Å². The van der Waals surface area contributed by atoms with Gasteiger partial charge >= 0.3 is 0 Å². The molecule has 76 valence electrons. The molecule has 1 aromatic carbocycles. The fraction of sp³-hybridized carbons (Fsp3) is 0.300. The van der Waals surface area contributed by atoms with Gasteiger partial charge in [0.15, 0.2) is 5.78 Å². The summed E-state index contributed by atoms with van der Waals surface area (Å²) in [6, 6.07) is 5.58. The molecule has 0 bridgehead atoms. The second-order valence-electron chi connectivity index (χ2n) is 2.80. The average molecular weight is 340 g/mol. The predicted molar refractivity (Wildman–Crippen MR) is 66.4 cm³/mol. The van der Waals surface area contributed by atoms with Crippen LogP contribution in [0.3, 0.4) is 0 Å². The first-order valence-electron chi connectivity index (χ1n) is 4.12. The summed E-state index contributed by atoms with van der Waals surface area (Å²) >= 11 is 12.3. The molecule has 0 aliphatic rings. The van der Waals surface area contributed by atoms with Crippen LogP contribution in [0.15, 0.2) is 22.7 Å². The number of rotatable bonds is 4. The Bertz CT molecular complexity index is 339. The van der Waals surface area contributed by atoms with Gasteiger partial charge in [-0.15, -0.1) is 11.6 Å². The fourth-order valence-electron chi connectivity index (χ4n) is 1.08. The molecule has 0 aromatic heterocycles. The third-order valence-corrected chi connectivity index (χ3v) is 3.40. The van der Waals surface area contributed by atoms with Crippen molar-refractivity contribution in [2.24, 2.45) is 0 Å². The maximum absolute atomic E-state index is 11.5. The molecule has 0 saturated heterocycles. The van der Waals surface area contributed by atoms with E-state index in [9.17, 15) is 4.79 Å². The standard InChI is InChI=1S/C10H9Br2ClO/c11-6-8-5-7(1-2-9(8)12)10(14)3-4-13/h1-2,5H,3-4,6H2. The van der Waals surface area contributed by atoms with Gasteiger partial charge in [-0.2, -0.15) is 0 Å². The van der Waals surface area contributed by atoms with Gasteiger partial charge in [0.2, 0.25) is 0 Å². The Morgan fingerprint density at radius 3 is 2.71 bits per heavy atom. The largest absolute Gasteiger partial charge is 0.294 e. The van der Waals surface area contributed by atoms with Crippen molar-refractivity contribution in [3.63, 3.8) is 0 Å². The number of hydrogen-bond donors (Lipinski definition) is 0. The molecular weight excluding hydrogens is 331 g/mol. The lowest BCUT2D eigenvalue weighted by Gasteiger charge is -2.03. The number of carbonyl (C=O) groups is 1. The van der Waals surface area contributed by atoms with Crippen molar-refractivity contribution in [1.82, 2.24) is 0 Å². The number of ketones is 1. The number of alkyl halides is 2. The van der Waals surface area contributed by atoms with Crippen molar-refractivity contribution in [2.45, 2.75) is 11.8 Å². The number of halogens is 3. The molecule has 0 amide bonds. The van der Waals surface area contributed by atoms with Crippen molar-refractivity contribution in [3.05, 3.63) is 33.8 Å². The molecule has 1 nitrogen and oxygen atoms in total. The van der Waals surface area contributed by atoms with Crippen molar-refractivity contribution in [2.75, 3.05) is 5.88 Å². The van der Waals surface area contributed by atoms with Gasteiger partial charge in [-0.3, -0.25) is 4.79 Å². The Morgan fingerprint density at radius 1 is 1.43 bits per heavy atom. The molecule has 1 rings (SSSR count). The van der Waals surface area contributed by atoms with Crippen LogP contribution in [0.4, 0.5) is 0 Å². The Kier molecular flexibility index (Phi) is 5.13. The van der Waals surface area contributed by atoms with Crippen LogP contribution in [-0.4, -0.2) is 11.7 Å². The van der Waals surface area contributed by atoms with Gasteiger partial charge < -0.3 is 0 Å². The minimum atomic E-state index is 0.0923. The summed E-state index contributed by atoms with van der Waals surface area (Å²) in [6.45, 7) is 0. The summed E-state index contributed by atoms with van der Waals surface area (Å²) in [6.07, 6.45) is 0.394. The molecular formula is C10H9Br2ClO. The van der Waals surface area contributed by atoms with Crippen LogP contribution in [-0.2, 0) is 5.33 Å². The topological polar surface area (TPSA) is 17.1 Å². The van der Waals surface area contributed by atoms with Gasteiger partial charge in [-0.25, -0.2) is 0 Å². The van der Waals surface area contributed by atoms with E-state index in [1.807, 2.05) is 18.2 Å². The lowest BCUT2D eigenvalue weighted by molar-refractivity contribution is 0.0989. The monoisotopic (exact) mass is 338 g/mol. The Hall–Kier alpha value is 0.140. The van der Waals surface area contributed by atoms with E-state index >= 15 is 0 Å². The first kappa shape index (κ1) is 12.2. The van der Waals surface area contributed by atoms with Crippen LogP contribution < -0.4 is 0 Å². The lowest BCUT2D eigenvalue weighted by atomic mass is 10.1. The minimum absolute atomic E-state index is 0.0923. The summed E-state index contributed by atoms with van der Waals surface area (Å²) in [4.78, 5) is 11.5. The van der Waals surface area contributed by atoms with Crippen LogP contribution >= 0.6 is 43.5 Å². The molecule has 0 spiro atoms. The number of Topliss-reactive ketones (excluding diaryl/α,β-unsaturated/α-hetero) is 1. The molecule has 4 heteroatoms. The van der Waals surface area contributed by atoms with E-state index in [1.165, 1.54) is 0 Å². The smallest absolute Gasteiger partial charge is 0.164 e. The third-order valence-electron chi connectivity index (χ3n) is 1.83. The maximum Gasteiger partial charge on any atom is 0.164 e. The molecule has 0 fully saturated rings. The predicted octanol–water partition coefficient (Wildman–Crippen LogP) is 4.16. The van der Waals surface area contributed by atoms with Gasteiger partial charge in [0.05, 0.1) is 0 Å². The van der Waals surface area contributed by atoms with Crippen molar-refractivity contribution in [1.29, 1.82) is 0 Å². The van der Waals surface area contributed by atoms with Crippen LogP contribution in [0, 0.1) is 0 Å². The molecule has 0 atom stereocenters. The summed E-state index contributed by atoms with van der Waals surface area (Å²) in [5.41, 5.74) is 1.80. The number of benzene rings is 1. The SMILES string of the molecule is O=C(CCCl)c1ccc(Br)c(CBr)c1. The quantitative estimate of drug-likeness (QED) is 0.594. The second kappa shape index (κ2) is 5.89. The zero-order chi connectivity index (χ0) is 10.6. The Labute approximate surface area is 105 Å². The highest BCUT2D eigenvalue weighted by Gasteiger charge is 2.07. The van der Waals surface area contributed by atoms with Crippen LogP contribution in [0.1, 0.15) is 22.3 Å². The normalized spacial score (nSPS) is 10.2. The third kappa shape index (κ3) is 3.07. The van der Waals surface area contributed by atoms with Crippen molar-refractivity contribution >= 4 is 49.2 Å². The maximum atomic E-state index is 11.5. The zero-order valence-corrected chi connectivity index (χ0v) is 11.3. The minimum Gasteiger partial charge on any atom is -0.294 e. The number of carbonyl (C=O) groups excluding carboxylic acids is 1. The van der Waals surface area contributed by atoms with Crippen LogP contribution in [0.25, 0.3) is 0 Å². The summed E-state index contributed by atoms with van der Waals surface area (Å²) in [5, 5.41) is 0.732. The second-order valence-corrected chi connectivity index (χ2v) is 4.60. The highest BCUT2D eigenvalue weighted by molar-refractivity contribution is 9.10. The molecule has 14 heavy (non-hydrogen) atoms. The van der Waals surface area contributed by atoms with Crippen molar-refractivity contribution in [3.8, 4) is 0 Å². The zero-order valence-electron chi connectivity index (χ0n) is 7.40. The molecule has 0 saturated carbocycles. The van der Waals surface area contributed by atoms with Gasteiger partial charge in [-0.1, -0.05) is 37.9 Å². The van der Waals surface area contributed by atoms with E-state index in [0.717, 1.165) is 20.9 Å². The van der Waals surface area contributed by atoms with Crippen LogP contribution in [0.2, 0.25) is 0 Å². The molecule has 0 aliphatic carbocycles. The molecule has 0 heterocycles. The highest BCUT2D eigenvalue weighted by Crippen LogP contribution is 2.21. The summed E-state index contributed by atoms with van der Waals surface area (Å²) in [7, 11) is 0. The first-order chi connectivity index (χ1) is 6.69. The average Bonchev–Trinajstić information content (AvgIpc) is 2.19. The van der Waals surface area contributed by atoms with E-state index in [0.29, 0.717) is 12.3 Å². The van der Waals surface area contributed by atoms with Crippen molar-refractivity contribution < 1.29 is 4.79 Å². The van der Waals surface area contributed by atoms with Gasteiger partial charge in [-0.05, 0) is 17.7 Å². The van der Waals surface area contributed by atoms with Gasteiger partial charge in [0.1, 0.15) is 0 Å². The lowest BCUT2D eigenvalue weighted by Crippen LogP contribution is -2.00. The van der Waals surface area contributed by atoms with E-state index in [1.54, 1.807) is 0 Å². The summed E-state index contributed by atoms with van der Waals surface area (Å²) < 4.78 is 1.01. The highest BCUT2D eigenvalue weighted by atomic mass is 79.9. The molecule has 0 N–H and O–H groups in total. The first-order valence-corrected chi connectivity index (χ1v) is 6.57. The molecule has 0 aliphatic heterocycles. The van der Waals surface area contributed by atoms with Gasteiger partial charge in [0, 0.05) is 27.7 Å². The van der Waals surface area contributed by atoms with Gasteiger partial charge in [0.25, 0.3) is 0 Å². The van der Waals surface area contributed by atoms with E-state index in [4.69, 9.17) is 11.6 Å². The number of hydrogen-bond acceptors (Lipinski definition) is 1. The van der Waals surface area contributed by atoms with Crippen LogP contribution in [0.5, 0.6) is 0 Å². The Morgan fingerprint density at radius 2 is 2.14 bits per heavy atom. The van der Waals surface area contributed by atoms with E-state index < -0.39 is 0 Å². The molecule has 1 aromatic rings. The summed E-state index contributed by atoms with van der Waals surface area (Å²) in [5.74, 6) is 0.466.